The smallest absolute Gasteiger partial charge is 0.458 e. The molecule has 5 aromatic rings. The van der Waals surface area contributed by atoms with Crippen molar-refractivity contribution in [1.82, 2.24) is 29.1 Å². The molecule has 0 spiro atoms. The van der Waals surface area contributed by atoms with Crippen LogP contribution in [0.4, 0.5) is 5.82 Å². The molecule has 0 saturated carbocycles. The topological polar surface area (TPSA) is 216 Å². The van der Waals surface area contributed by atoms with Gasteiger partial charge in [0.2, 0.25) is 5.60 Å². The van der Waals surface area contributed by atoms with Crippen LogP contribution in [0.15, 0.2) is 53.8 Å². The molecule has 16 nitrogen and oxygen atoms in total. The number of benzene rings is 1. The summed E-state index contributed by atoms with van der Waals surface area (Å²) in [5.74, 6) is -0.760. The van der Waals surface area contributed by atoms with Crippen LogP contribution in [0, 0.1) is 0 Å². The van der Waals surface area contributed by atoms with E-state index in [2.05, 4.69) is 15.0 Å². The van der Waals surface area contributed by atoms with Crippen LogP contribution < -0.4 is 11.3 Å². The first-order chi connectivity index (χ1) is 22.6. The quantitative estimate of drug-likeness (QED) is 0.165. The SMILES string of the molecule is CC[C@@]1(OP(=O)(O)OC[C@H]2O[C@@H](n3cnc4c(N)ncnc43)C[C@@H]2O)C(=O)OCc2c1cc1n(c2=O)Cc2cc3ccccc3nc2-1. The number of aliphatic hydroxyl groups is 1. The Hall–Kier alpha value is -4.57. The van der Waals surface area contributed by atoms with Gasteiger partial charge in [-0.1, -0.05) is 25.1 Å². The molecule has 0 amide bonds. The number of cyclic esters (lactones) is 1. The highest BCUT2D eigenvalue weighted by molar-refractivity contribution is 7.47. The molecule has 47 heavy (non-hydrogen) atoms. The summed E-state index contributed by atoms with van der Waals surface area (Å²) in [6.07, 6.45) is -0.210. The van der Waals surface area contributed by atoms with E-state index in [1.165, 1.54) is 12.7 Å². The Labute approximate surface area is 265 Å². The normalized spacial score (nSPS) is 24.6. The molecule has 1 saturated heterocycles. The van der Waals surface area contributed by atoms with Crippen molar-refractivity contribution < 1.29 is 37.9 Å². The summed E-state index contributed by atoms with van der Waals surface area (Å²) in [7, 11) is -5.05. The first-order valence-corrected chi connectivity index (χ1v) is 16.4. The van der Waals surface area contributed by atoms with Crippen LogP contribution >= 0.6 is 7.82 Å². The Morgan fingerprint density at radius 3 is 2.85 bits per heavy atom. The molecule has 1 unspecified atom stereocenters. The highest BCUT2D eigenvalue weighted by Crippen LogP contribution is 2.54. The van der Waals surface area contributed by atoms with Crippen molar-refractivity contribution >= 4 is 41.7 Å². The zero-order valence-electron chi connectivity index (χ0n) is 24.8. The summed E-state index contributed by atoms with van der Waals surface area (Å²) in [5, 5.41) is 11.6. The first-order valence-electron chi connectivity index (χ1n) is 14.9. The molecule has 8 rings (SSSR count). The van der Waals surface area contributed by atoms with E-state index in [1.54, 1.807) is 22.1 Å². The predicted molar refractivity (Wildman–Crippen MR) is 163 cm³/mol. The predicted octanol–water partition coefficient (Wildman–Crippen LogP) is 2.29. The fourth-order valence-corrected chi connectivity index (χ4v) is 7.66. The van der Waals surface area contributed by atoms with Gasteiger partial charge in [-0.25, -0.2) is 29.3 Å². The number of phosphoric acid groups is 1. The summed E-state index contributed by atoms with van der Waals surface area (Å²) >= 11 is 0. The lowest BCUT2D eigenvalue weighted by Crippen LogP contribution is -2.46. The molecule has 0 bridgehead atoms. The number of aromatic nitrogens is 6. The third-order valence-corrected chi connectivity index (χ3v) is 9.98. The number of anilines is 1. The number of carbonyl (C=O) groups is 1. The maximum Gasteiger partial charge on any atom is 0.473 e. The van der Waals surface area contributed by atoms with E-state index in [0.717, 1.165) is 16.5 Å². The summed E-state index contributed by atoms with van der Waals surface area (Å²) in [6.45, 7) is 0.947. The van der Waals surface area contributed by atoms with E-state index in [4.69, 9.17) is 29.2 Å². The van der Waals surface area contributed by atoms with Gasteiger partial charge in [-0.15, -0.1) is 0 Å². The van der Waals surface area contributed by atoms with Gasteiger partial charge in [0.15, 0.2) is 11.5 Å². The van der Waals surface area contributed by atoms with Gasteiger partial charge in [0.05, 0.1) is 48.1 Å². The number of fused-ring (bicyclic) bond motifs is 6. The van der Waals surface area contributed by atoms with Crippen molar-refractivity contribution in [2.75, 3.05) is 12.3 Å². The lowest BCUT2D eigenvalue weighted by atomic mass is 9.86. The molecule has 4 aromatic heterocycles. The highest BCUT2D eigenvalue weighted by Gasteiger charge is 2.53. The third kappa shape index (κ3) is 4.67. The van der Waals surface area contributed by atoms with Crippen molar-refractivity contribution in [2.45, 2.75) is 57.0 Å². The Morgan fingerprint density at radius 1 is 1.19 bits per heavy atom. The number of hydrogen-bond acceptors (Lipinski definition) is 13. The van der Waals surface area contributed by atoms with Gasteiger partial charge in [0, 0.05) is 22.9 Å². The lowest BCUT2D eigenvalue weighted by molar-refractivity contribution is -0.171. The first kappa shape index (κ1) is 29.8. The number of rotatable bonds is 7. The van der Waals surface area contributed by atoms with Crippen LogP contribution in [0.5, 0.6) is 0 Å². The maximum absolute atomic E-state index is 13.8. The van der Waals surface area contributed by atoms with Gasteiger partial charge in [-0.3, -0.25) is 18.4 Å². The van der Waals surface area contributed by atoms with Crippen molar-refractivity contribution in [1.29, 1.82) is 0 Å². The minimum absolute atomic E-state index is 0.0957. The number of esters is 1. The minimum Gasteiger partial charge on any atom is -0.458 e. The monoisotopic (exact) mass is 661 g/mol. The zero-order valence-corrected chi connectivity index (χ0v) is 25.7. The number of para-hydroxylation sites is 1. The van der Waals surface area contributed by atoms with E-state index < -0.39 is 50.0 Å². The van der Waals surface area contributed by atoms with Crippen LogP contribution in [-0.4, -0.2) is 63.9 Å². The number of ether oxygens (including phenoxy) is 2. The molecule has 1 aromatic carbocycles. The van der Waals surface area contributed by atoms with Crippen LogP contribution in [0.2, 0.25) is 0 Å². The number of imidazole rings is 1. The molecule has 7 heterocycles. The van der Waals surface area contributed by atoms with Gasteiger partial charge in [-0.2, -0.15) is 0 Å². The molecule has 242 valence electrons. The summed E-state index contributed by atoms with van der Waals surface area (Å²) in [6, 6.07) is 11.1. The van der Waals surface area contributed by atoms with Crippen molar-refractivity contribution in [3.63, 3.8) is 0 Å². The van der Waals surface area contributed by atoms with E-state index in [9.17, 15) is 24.2 Å². The third-order valence-electron chi connectivity index (χ3n) is 8.96. The highest BCUT2D eigenvalue weighted by atomic mass is 31.2. The van der Waals surface area contributed by atoms with E-state index in [1.807, 2.05) is 30.3 Å². The molecular formula is C30H28N7O9P. The number of carbonyl (C=O) groups excluding carboxylic acids is 1. The number of pyridine rings is 2. The molecule has 3 aliphatic heterocycles. The van der Waals surface area contributed by atoms with Crippen LogP contribution in [-0.2, 0) is 46.6 Å². The van der Waals surface area contributed by atoms with Crippen molar-refractivity contribution in [2.24, 2.45) is 0 Å². The zero-order chi connectivity index (χ0) is 32.7. The second kappa shape index (κ2) is 10.7. The summed E-state index contributed by atoms with van der Waals surface area (Å²) in [5.41, 5.74) is 6.86. The second-order valence-corrected chi connectivity index (χ2v) is 13.0. The molecular weight excluding hydrogens is 633 g/mol. The van der Waals surface area contributed by atoms with Gasteiger partial charge in [-0.05, 0) is 24.6 Å². The Morgan fingerprint density at radius 2 is 2.02 bits per heavy atom. The van der Waals surface area contributed by atoms with Crippen LogP contribution in [0.25, 0.3) is 33.5 Å². The van der Waals surface area contributed by atoms with Gasteiger partial charge in [0.25, 0.3) is 5.56 Å². The number of hydrogen-bond donors (Lipinski definition) is 3. The fourth-order valence-electron chi connectivity index (χ4n) is 6.57. The Bertz CT molecular complexity index is 2220. The molecule has 1 fully saturated rings. The minimum atomic E-state index is -5.05. The number of nitrogen functional groups attached to an aromatic ring is 1. The lowest BCUT2D eigenvalue weighted by Gasteiger charge is -2.36. The van der Waals surface area contributed by atoms with E-state index >= 15 is 0 Å². The van der Waals surface area contributed by atoms with Crippen LogP contribution in [0.3, 0.4) is 0 Å². The fraction of sp³-hybridized carbons (Fsp3) is 0.333. The van der Waals surface area contributed by atoms with Gasteiger partial charge >= 0.3 is 13.8 Å². The Kier molecular flexibility index (Phi) is 6.81. The van der Waals surface area contributed by atoms with Crippen molar-refractivity contribution in [3.05, 3.63) is 76.1 Å². The molecule has 3 aliphatic rings. The molecule has 0 aliphatic carbocycles. The van der Waals surface area contributed by atoms with E-state index in [0.29, 0.717) is 22.6 Å². The van der Waals surface area contributed by atoms with Crippen molar-refractivity contribution in [3.8, 4) is 11.4 Å². The molecule has 5 atom stereocenters. The number of nitrogens with zero attached hydrogens (tertiary/aromatic N) is 6. The summed E-state index contributed by atoms with van der Waals surface area (Å²) in [4.78, 5) is 55.2. The molecule has 0 radical (unpaired) electrons. The van der Waals surface area contributed by atoms with E-state index in [-0.39, 0.29) is 42.9 Å². The van der Waals surface area contributed by atoms with Gasteiger partial charge < -0.3 is 29.8 Å². The standard InChI is InChI=1S/C30H28N7O9P/c1-2-30(46-47(41,42)44-12-22-21(38)9-23(45-22)37-14-34-25-26(31)32-13-33-27(25)37)18-8-20-24-16(7-15-5-3-4-6-19(15)35-24)10-36(20)28(39)17(18)11-43-29(30)40/h3-8,13-14,21-23,38H,2,9-12H2,1H3,(H,41,42)(H2,31,32,33)/t21-,22+,23+,30-/m0/s1. The van der Waals surface area contributed by atoms with Crippen LogP contribution in [0.1, 0.15) is 42.7 Å². The number of aliphatic hydroxyl groups excluding tert-OH is 1. The largest absolute Gasteiger partial charge is 0.473 e. The second-order valence-electron chi connectivity index (χ2n) is 11.6. The molecule has 4 N–H and O–H groups in total. The average Bonchev–Trinajstić information content (AvgIpc) is 3.76. The Balaban J connectivity index is 1.07. The average molecular weight is 662 g/mol. The number of phosphoric ester groups is 1. The van der Waals surface area contributed by atoms with Gasteiger partial charge in [0.1, 0.15) is 30.8 Å². The summed E-state index contributed by atoms with van der Waals surface area (Å²) < 4.78 is 38.8. The maximum atomic E-state index is 13.8. The number of nitrogens with two attached hydrogens (primary N) is 1. The molecule has 17 heteroatoms.